The minimum absolute atomic E-state index is 0.122. The summed E-state index contributed by atoms with van der Waals surface area (Å²) < 4.78 is 16.1. The van der Waals surface area contributed by atoms with Crippen molar-refractivity contribution in [2.45, 2.75) is 6.92 Å². The normalized spacial score (nSPS) is 10.0. The van der Waals surface area contributed by atoms with E-state index in [1.54, 1.807) is 30.3 Å². The molecule has 2 aromatic carbocycles. The van der Waals surface area contributed by atoms with Gasteiger partial charge in [0.2, 0.25) is 0 Å². The molecule has 0 aliphatic carbocycles. The van der Waals surface area contributed by atoms with Crippen LogP contribution in [0.5, 0.6) is 11.5 Å². The van der Waals surface area contributed by atoms with Crippen molar-refractivity contribution in [1.29, 1.82) is 0 Å². The van der Waals surface area contributed by atoms with Crippen molar-refractivity contribution in [1.82, 2.24) is 0 Å². The third-order valence-electron chi connectivity index (χ3n) is 2.96. The van der Waals surface area contributed by atoms with Crippen LogP contribution in [-0.4, -0.2) is 25.7 Å². The highest BCUT2D eigenvalue weighted by atomic mass is 79.9. The number of hydrogen-bond donors (Lipinski definition) is 0. The number of halogens is 1. The number of ether oxygens (including phenoxy) is 3. The molecule has 0 bridgehead atoms. The first-order chi connectivity index (χ1) is 11.1. The maximum atomic E-state index is 12.4. The van der Waals surface area contributed by atoms with Gasteiger partial charge < -0.3 is 14.2 Å². The minimum atomic E-state index is -0.610. The maximum absolute atomic E-state index is 12.4. The van der Waals surface area contributed by atoms with Crippen LogP contribution in [0.1, 0.15) is 27.6 Å². The Labute approximate surface area is 142 Å². The highest BCUT2D eigenvalue weighted by Gasteiger charge is 2.19. The number of rotatable bonds is 5. The fourth-order valence-corrected chi connectivity index (χ4v) is 2.29. The van der Waals surface area contributed by atoms with Gasteiger partial charge in [-0.1, -0.05) is 28.1 Å². The topological polar surface area (TPSA) is 61.8 Å². The van der Waals surface area contributed by atoms with Gasteiger partial charge in [-0.2, -0.15) is 0 Å². The molecule has 0 saturated heterocycles. The molecule has 0 fully saturated rings. The summed E-state index contributed by atoms with van der Waals surface area (Å²) in [5, 5.41) is 0. The molecule has 0 unspecified atom stereocenters. The molecule has 0 saturated carbocycles. The van der Waals surface area contributed by atoms with Crippen LogP contribution in [0.4, 0.5) is 0 Å². The zero-order valence-corrected chi connectivity index (χ0v) is 14.3. The summed E-state index contributed by atoms with van der Waals surface area (Å²) in [5.74, 6) is -0.651. The standard InChI is InChI=1S/C17H15BrO5/c1-3-22-14-7-5-4-6-12(14)17(20)23-15-9-8-11(18)10-13(15)16(19)21-2/h4-10H,3H2,1-2H3. The van der Waals surface area contributed by atoms with Crippen molar-refractivity contribution >= 4 is 27.9 Å². The Balaban J connectivity index is 2.33. The van der Waals surface area contributed by atoms with Crippen LogP contribution in [-0.2, 0) is 4.74 Å². The third kappa shape index (κ3) is 4.10. The summed E-state index contributed by atoms with van der Waals surface area (Å²) in [5.41, 5.74) is 0.442. The van der Waals surface area contributed by atoms with Crippen molar-refractivity contribution in [3.8, 4) is 11.5 Å². The smallest absolute Gasteiger partial charge is 0.347 e. The van der Waals surface area contributed by atoms with E-state index in [2.05, 4.69) is 15.9 Å². The zero-order valence-electron chi connectivity index (χ0n) is 12.7. The second-order valence-electron chi connectivity index (χ2n) is 4.45. The predicted molar refractivity (Wildman–Crippen MR) is 88.1 cm³/mol. The van der Waals surface area contributed by atoms with Gasteiger partial charge in [0.25, 0.3) is 0 Å². The van der Waals surface area contributed by atoms with Crippen LogP contribution in [0.3, 0.4) is 0 Å². The van der Waals surface area contributed by atoms with Crippen molar-refractivity contribution in [2.24, 2.45) is 0 Å². The van der Waals surface area contributed by atoms with Crippen molar-refractivity contribution in [3.63, 3.8) is 0 Å². The van der Waals surface area contributed by atoms with Crippen LogP contribution >= 0.6 is 15.9 Å². The van der Waals surface area contributed by atoms with Gasteiger partial charge >= 0.3 is 11.9 Å². The lowest BCUT2D eigenvalue weighted by Crippen LogP contribution is -2.13. The molecule has 0 heterocycles. The fraction of sp³-hybridized carbons (Fsp3) is 0.176. The van der Waals surface area contributed by atoms with E-state index >= 15 is 0 Å². The summed E-state index contributed by atoms with van der Waals surface area (Å²) in [6.07, 6.45) is 0. The Kier molecular flexibility index (Phi) is 5.76. The molecule has 2 rings (SSSR count). The Morgan fingerprint density at radius 2 is 1.74 bits per heavy atom. The van der Waals surface area contributed by atoms with E-state index in [0.29, 0.717) is 16.8 Å². The lowest BCUT2D eigenvalue weighted by molar-refractivity contribution is 0.0593. The van der Waals surface area contributed by atoms with E-state index in [0.717, 1.165) is 0 Å². The lowest BCUT2D eigenvalue weighted by Gasteiger charge is -2.12. The summed E-state index contributed by atoms with van der Waals surface area (Å²) in [6, 6.07) is 11.5. The molecule has 6 heteroatoms. The molecule has 0 N–H and O–H groups in total. The van der Waals surface area contributed by atoms with Gasteiger partial charge in [0.05, 0.1) is 13.7 Å². The van der Waals surface area contributed by atoms with Gasteiger partial charge in [-0.05, 0) is 37.3 Å². The summed E-state index contributed by atoms with van der Waals surface area (Å²) in [4.78, 5) is 24.2. The molecule has 0 aromatic heterocycles. The van der Waals surface area contributed by atoms with Crippen molar-refractivity contribution in [2.75, 3.05) is 13.7 Å². The molecule has 0 amide bonds. The maximum Gasteiger partial charge on any atom is 0.347 e. The minimum Gasteiger partial charge on any atom is -0.493 e. The van der Waals surface area contributed by atoms with Crippen LogP contribution in [0.25, 0.3) is 0 Å². The van der Waals surface area contributed by atoms with E-state index in [4.69, 9.17) is 14.2 Å². The number of benzene rings is 2. The van der Waals surface area contributed by atoms with Crippen LogP contribution in [0.2, 0.25) is 0 Å². The first-order valence-electron chi connectivity index (χ1n) is 6.88. The van der Waals surface area contributed by atoms with E-state index in [9.17, 15) is 9.59 Å². The van der Waals surface area contributed by atoms with E-state index in [1.807, 2.05) is 6.92 Å². The zero-order chi connectivity index (χ0) is 16.8. The van der Waals surface area contributed by atoms with Crippen LogP contribution in [0, 0.1) is 0 Å². The highest BCUT2D eigenvalue weighted by molar-refractivity contribution is 9.10. The van der Waals surface area contributed by atoms with E-state index < -0.39 is 11.9 Å². The molecule has 2 aromatic rings. The van der Waals surface area contributed by atoms with Crippen molar-refractivity contribution < 1.29 is 23.8 Å². The molecular weight excluding hydrogens is 364 g/mol. The largest absolute Gasteiger partial charge is 0.493 e. The molecule has 23 heavy (non-hydrogen) atoms. The van der Waals surface area contributed by atoms with Gasteiger partial charge in [0, 0.05) is 4.47 Å². The predicted octanol–water partition coefficient (Wildman–Crippen LogP) is 3.85. The Bertz CT molecular complexity index is 727. The number of para-hydroxylation sites is 1. The molecule has 5 nitrogen and oxygen atoms in total. The van der Waals surface area contributed by atoms with E-state index in [-0.39, 0.29) is 16.9 Å². The number of esters is 2. The van der Waals surface area contributed by atoms with Gasteiger partial charge in [-0.3, -0.25) is 0 Å². The van der Waals surface area contributed by atoms with Gasteiger partial charge in [0.1, 0.15) is 22.6 Å². The number of hydrogen-bond acceptors (Lipinski definition) is 5. The number of carbonyl (C=O) groups is 2. The highest BCUT2D eigenvalue weighted by Crippen LogP contribution is 2.26. The van der Waals surface area contributed by atoms with Gasteiger partial charge in [-0.15, -0.1) is 0 Å². The van der Waals surface area contributed by atoms with Crippen molar-refractivity contribution in [3.05, 3.63) is 58.1 Å². The lowest BCUT2D eigenvalue weighted by atomic mass is 10.2. The average Bonchev–Trinajstić information content (AvgIpc) is 2.56. The molecule has 0 radical (unpaired) electrons. The second-order valence-corrected chi connectivity index (χ2v) is 5.37. The monoisotopic (exact) mass is 378 g/mol. The fourth-order valence-electron chi connectivity index (χ4n) is 1.93. The van der Waals surface area contributed by atoms with Crippen LogP contribution in [0.15, 0.2) is 46.9 Å². The SMILES string of the molecule is CCOc1ccccc1C(=O)Oc1ccc(Br)cc1C(=O)OC. The molecule has 0 atom stereocenters. The second kappa shape index (κ2) is 7.78. The van der Waals surface area contributed by atoms with Gasteiger partial charge in [-0.25, -0.2) is 9.59 Å². The quantitative estimate of drug-likeness (QED) is 0.583. The number of methoxy groups -OCH3 is 1. The van der Waals surface area contributed by atoms with E-state index in [1.165, 1.54) is 19.2 Å². The average molecular weight is 379 g/mol. The summed E-state index contributed by atoms with van der Waals surface area (Å²) in [7, 11) is 1.26. The number of carbonyl (C=O) groups excluding carboxylic acids is 2. The summed E-state index contributed by atoms with van der Waals surface area (Å²) in [6.45, 7) is 2.25. The Morgan fingerprint density at radius 3 is 2.43 bits per heavy atom. The Morgan fingerprint density at radius 1 is 1.00 bits per heavy atom. The summed E-state index contributed by atoms with van der Waals surface area (Å²) >= 11 is 3.27. The molecule has 120 valence electrons. The molecule has 0 spiro atoms. The Hall–Kier alpha value is -2.34. The van der Waals surface area contributed by atoms with Gasteiger partial charge in [0.15, 0.2) is 0 Å². The molecule has 0 aliphatic rings. The molecule has 0 aliphatic heterocycles. The molecular formula is C17H15BrO5. The third-order valence-corrected chi connectivity index (χ3v) is 3.45. The first kappa shape index (κ1) is 17.0. The first-order valence-corrected chi connectivity index (χ1v) is 7.68. The van der Waals surface area contributed by atoms with Crippen LogP contribution < -0.4 is 9.47 Å².